The summed E-state index contributed by atoms with van der Waals surface area (Å²) in [4.78, 5) is 0. The monoisotopic (exact) mass is 560 g/mol. The molecule has 35 heavy (non-hydrogen) atoms. The first kappa shape index (κ1) is 29.8. The Morgan fingerprint density at radius 2 is 1.00 bits per heavy atom. The molecule has 0 bridgehead atoms. The molecule has 0 saturated heterocycles. The second kappa shape index (κ2) is 12.7. The van der Waals surface area contributed by atoms with E-state index in [-0.39, 0.29) is 0 Å². The minimum absolute atomic E-state index is 0.352. The largest absolute Gasteiger partial charge is 0.462 e. The van der Waals surface area contributed by atoms with E-state index in [4.69, 9.17) is 65.4 Å². The summed E-state index contributed by atoms with van der Waals surface area (Å²) in [5.41, 5.74) is 2.94. The SMILES string of the molecule is C=C(C)COC(C)Oc1c(Cl)cc(C(C)(C)c2cc(Cl)c(OC(C)OCC(=C)C)c(Cl)c2)cc1Cl. The molecule has 0 saturated carbocycles. The lowest BCUT2D eigenvalue weighted by atomic mass is 9.78. The van der Waals surface area contributed by atoms with Gasteiger partial charge in [-0.15, -0.1) is 0 Å². The summed E-state index contributed by atoms with van der Waals surface area (Å²) in [6.45, 7) is 19.7. The average molecular weight is 562 g/mol. The Morgan fingerprint density at radius 1 is 0.714 bits per heavy atom. The Morgan fingerprint density at radius 3 is 1.26 bits per heavy atom. The van der Waals surface area contributed by atoms with Gasteiger partial charge in [-0.05, 0) is 63.1 Å². The molecule has 0 fully saturated rings. The zero-order valence-electron chi connectivity index (χ0n) is 20.9. The van der Waals surface area contributed by atoms with Gasteiger partial charge in [-0.2, -0.15) is 0 Å². The molecule has 0 spiro atoms. The molecule has 0 radical (unpaired) electrons. The highest BCUT2D eigenvalue weighted by atomic mass is 35.5. The molecule has 192 valence electrons. The van der Waals surface area contributed by atoms with Gasteiger partial charge in [0.15, 0.2) is 24.1 Å². The van der Waals surface area contributed by atoms with E-state index in [1.807, 2.05) is 52.0 Å². The lowest BCUT2D eigenvalue weighted by Gasteiger charge is -2.29. The van der Waals surface area contributed by atoms with Crippen LogP contribution >= 0.6 is 46.4 Å². The molecule has 2 aromatic rings. The zero-order valence-corrected chi connectivity index (χ0v) is 24.0. The van der Waals surface area contributed by atoms with Crippen LogP contribution in [0.25, 0.3) is 0 Å². The average Bonchev–Trinajstić information content (AvgIpc) is 2.75. The summed E-state index contributed by atoms with van der Waals surface area (Å²) in [5, 5.41) is 1.47. The molecule has 0 aliphatic carbocycles. The molecular formula is C27H32Cl4O4. The van der Waals surface area contributed by atoms with Gasteiger partial charge in [-0.3, -0.25) is 0 Å². The lowest BCUT2D eigenvalue weighted by molar-refractivity contribution is -0.0574. The van der Waals surface area contributed by atoms with E-state index >= 15 is 0 Å². The number of rotatable bonds is 12. The number of halogens is 4. The van der Waals surface area contributed by atoms with E-state index in [2.05, 4.69) is 13.2 Å². The number of hydrogen-bond acceptors (Lipinski definition) is 4. The second-order valence-electron chi connectivity index (χ2n) is 9.07. The van der Waals surface area contributed by atoms with Gasteiger partial charge in [0.25, 0.3) is 0 Å². The molecule has 0 N–H and O–H groups in total. The number of ether oxygens (including phenoxy) is 4. The second-order valence-corrected chi connectivity index (χ2v) is 10.7. The molecule has 8 heteroatoms. The molecule has 2 unspecified atom stereocenters. The summed E-state index contributed by atoms with van der Waals surface area (Å²) in [7, 11) is 0. The molecule has 0 aromatic heterocycles. The van der Waals surface area contributed by atoms with Crippen molar-refractivity contribution in [2.75, 3.05) is 13.2 Å². The number of hydrogen-bond donors (Lipinski definition) is 0. The van der Waals surface area contributed by atoms with Crippen molar-refractivity contribution in [1.82, 2.24) is 0 Å². The maximum absolute atomic E-state index is 6.56. The maximum Gasteiger partial charge on any atom is 0.197 e. The van der Waals surface area contributed by atoms with Crippen LogP contribution < -0.4 is 9.47 Å². The minimum Gasteiger partial charge on any atom is -0.462 e. The van der Waals surface area contributed by atoms with Gasteiger partial charge >= 0.3 is 0 Å². The van der Waals surface area contributed by atoms with Gasteiger partial charge in [0.2, 0.25) is 0 Å². The Labute approximate surface area is 228 Å². The summed E-state index contributed by atoms with van der Waals surface area (Å²) in [6, 6.07) is 7.25. The predicted molar refractivity (Wildman–Crippen MR) is 147 cm³/mol. The smallest absolute Gasteiger partial charge is 0.197 e. The van der Waals surface area contributed by atoms with Crippen molar-refractivity contribution in [3.63, 3.8) is 0 Å². The van der Waals surface area contributed by atoms with E-state index in [0.29, 0.717) is 44.8 Å². The van der Waals surface area contributed by atoms with Crippen molar-refractivity contribution < 1.29 is 18.9 Å². The van der Waals surface area contributed by atoms with Crippen LogP contribution in [0.1, 0.15) is 52.7 Å². The molecule has 2 atom stereocenters. The van der Waals surface area contributed by atoms with Crippen LogP contribution in [-0.2, 0) is 14.9 Å². The third-order valence-electron chi connectivity index (χ3n) is 5.14. The first-order valence-electron chi connectivity index (χ1n) is 11.1. The van der Waals surface area contributed by atoms with Crippen LogP contribution in [-0.4, -0.2) is 25.8 Å². The van der Waals surface area contributed by atoms with Crippen LogP contribution in [0, 0.1) is 0 Å². The van der Waals surface area contributed by atoms with Gasteiger partial charge in [-0.25, -0.2) is 0 Å². The lowest BCUT2D eigenvalue weighted by Crippen LogP contribution is -2.21. The van der Waals surface area contributed by atoms with Gasteiger partial charge in [0, 0.05) is 5.41 Å². The fourth-order valence-corrected chi connectivity index (χ4v) is 4.30. The highest BCUT2D eigenvalue weighted by Crippen LogP contribution is 2.44. The van der Waals surface area contributed by atoms with Crippen LogP contribution in [0.2, 0.25) is 20.1 Å². The molecule has 2 rings (SSSR count). The molecule has 0 heterocycles. The van der Waals surface area contributed by atoms with Gasteiger partial charge in [0.1, 0.15) is 0 Å². The van der Waals surface area contributed by atoms with Crippen molar-refractivity contribution in [3.8, 4) is 11.5 Å². The fraction of sp³-hybridized carbons (Fsp3) is 0.407. The Hall–Kier alpha value is -1.40. The Balaban J connectivity index is 2.29. The van der Waals surface area contributed by atoms with Crippen molar-refractivity contribution in [3.05, 3.63) is 79.8 Å². The molecule has 0 amide bonds. The first-order valence-corrected chi connectivity index (χ1v) is 12.6. The van der Waals surface area contributed by atoms with E-state index in [1.165, 1.54) is 0 Å². The van der Waals surface area contributed by atoms with Crippen LogP contribution in [0.15, 0.2) is 48.6 Å². The third kappa shape index (κ3) is 8.31. The van der Waals surface area contributed by atoms with Crippen molar-refractivity contribution in [2.24, 2.45) is 0 Å². The zero-order chi connectivity index (χ0) is 26.5. The van der Waals surface area contributed by atoms with Crippen LogP contribution in [0.4, 0.5) is 0 Å². The Bertz CT molecular complexity index is 951. The number of benzene rings is 2. The summed E-state index contributed by atoms with van der Waals surface area (Å²) in [6.07, 6.45) is -1.10. The van der Waals surface area contributed by atoms with Crippen LogP contribution in [0.5, 0.6) is 11.5 Å². The topological polar surface area (TPSA) is 36.9 Å². The normalized spacial score (nSPS) is 13.3. The van der Waals surface area contributed by atoms with E-state index < -0.39 is 18.0 Å². The quantitative estimate of drug-likeness (QED) is 0.191. The van der Waals surface area contributed by atoms with Gasteiger partial charge in [0.05, 0.1) is 33.3 Å². The van der Waals surface area contributed by atoms with Crippen molar-refractivity contribution >= 4 is 46.4 Å². The van der Waals surface area contributed by atoms with Gasteiger partial charge < -0.3 is 18.9 Å². The highest BCUT2D eigenvalue weighted by Gasteiger charge is 2.28. The van der Waals surface area contributed by atoms with Crippen molar-refractivity contribution in [2.45, 2.75) is 59.5 Å². The molecule has 4 nitrogen and oxygen atoms in total. The summed E-state index contributed by atoms with van der Waals surface area (Å²) in [5.74, 6) is 0.705. The summed E-state index contributed by atoms with van der Waals surface area (Å²) < 4.78 is 22.8. The van der Waals surface area contributed by atoms with Crippen molar-refractivity contribution in [1.29, 1.82) is 0 Å². The molecular weight excluding hydrogens is 530 g/mol. The van der Waals surface area contributed by atoms with E-state index in [1.54, 1.807) is 13.8 Å². The van der Waals surface area contributed by atoms with Crippen LogP contribution in [0.3, 0.4) is 0 Å². The molecule has 2 aromatic carbocycles. The third-order valence-corrected chi connectivity index (χ3v) is 6.26. The fourth-order valence-electron chi connectivity index (χ4n) is 3.15. The van der Waals surface area contributed by atoms with E-state index in [0.717, 1.165) is 22.3 Å². The minimum atomic E-state index is -0.549. The molecule has 0 aliphatic heterocycles. The first-order chi connectivity index (χ1) is 16.2. The maximum atomic E-state index is 6.56. The van der Waals surface area contributed by atoms with E-state index in [9.17, 15) is 0 Å². The summed E-state index contributed by atoms with van der Waals surface area (Å²) >= 11 is 26.2. The predicted octanol–water partition coefficient (Wildman–Crippen LogP) is 9.26. The van der Waals surface area contributed by atoms with Gasteiger partial charge in [-0.1, -0.05) is 84.6 Å². The highest BCUT2D eigenvalue weighted by molar-refractivity contribution is 6.38. The standard InChI is InChI=1S/C27H32Cl4O4/c1-15(2)13-32-17(5)34-25-21(28)9-19(10-22(25)29)27(7,8)20-11-23(30)26(24(31)12-20)35-18(6)33-14-16(3)4/h9-12,17-18H,1,3,13-14H2,2,4-8H3. The molecule has 0 aliphatic rings. The Kier molecular flexibility index (Phi) is 10.8.